The first kappa shape index (κ1) is 9.52. The Labute approximate surface area is 73.4 Å². The summed E-state index contributed by atoms with van der Waals surface area (Å²) < 4.78 is 0. The summed E-state index contributed by atoms with van der Waals surface area (Å²) in [6.45, 7) is 2.11. The highest BCUT2D eigenvalue weighted by molar-refractivity contribution is 5.73. The molecule has 1 aliphatic carbocycles. The predicted octanol–water partition coefficient (Wildman–Crippen LogP) is 1.05. The van der Waals surface area contributed by atoms with Crippen LogP contribution in [-0.4, -0.2) is 36.1 Å². The standard InChI is InChI=1S/C9H17NO2/c1-4-8(10(2)3)6-5-7(6)9(11)12/h6-8H,4-5H2,1-3H3,(H,11,12). The van der Waals surface area contributed by atoms with E-state index in [1.807, 2.05) is 14.1 Å². The van der Waals surface area contributed by atoms with E-state index in [9.17, 15) is 4.79 Å². The van der Waals surface area contributed by atoms with Crippen molar-refractivity contribution < 1.29 is 9.90 Å². The van der Waals surface area contributed by atoms with Crippen LogP contribution in [0, 0.1) is 11.8 Å². The summed E-state index contributed by atoms with van der Waals surface area (Å²) in [5, 5.41) is 8.73. The summed E-state index contributed by atoms with van der Waals surface area (Å²) in [6, 6.07) is 0.450. The van der Waals surface area contributed by atoms with Crippen LogP contribution in [0.2, 0.25) is 0 Å². The number of rotatable bonds is 4. The highest BCUT2D eigenvalue weighted by atomic mass is 16.4. The van der Waals surface area contributed by atoms with Crippen LogP contribution in [0.3, 0.4) is 0 Å². The maximum Gasteiger partial charge on any atom is 0.306 e. The van der Waals surface area contributed by atoms with E-state index in [0.717, 1.165) is 12.8 Å². The second-order valence-electron chi connectivity index (χ2n) is 3.78. The fourth-order valence-electron chi connectivity index (χ4n) is 1.97. The first-order chi connectivity index (χ1) is 5.57. The van der Waals surface area contributed by atoms with Crippen molar-refractivity contribution >= 4 is 5.97 Å². The van der Waals surface area contributed by atoms with Crippen LogP contribution < -0.4 is 0 Å². The van der Waals surface area contributed by atoms with Crippen molar-refractivity contribution in [3.8, 4) is 0 Å². The smallest absolute Gasteiger partial charge is 0.306 e. The molecule has 0 radical (unpaired) electrons. The van der Waals surface area contributed by atoms with Crippen molar-refractivity contribution in [2.75, 3.05) is 14.1 Å². The number of carbonyl (C=O) groups is 1. The Morgan fingerprint density at radius 1 is 1.67 bits per heavy atom. The average molecular weight is 171 g/mol. The first-order valence-corrected chi connectivity index (χ1v) is 4.47. The molecule has 0 heterocycles. The molecule has 1 rings (SSSR count). The summed E-state index contributed by atoms with van der Waals surface area (Å²) in [4.78, 5) is 12.7. The van der Waals surface area contributed by atoms with E-state index in [0.29, 0.717) is 12.0 Å². The molecule has 3 atom stereocenters. The van der Waals surface area contributed by atoms with Crippen LogP contribution in [0.4, 0.5) is 0 Å². The van der Waals surface area contributed by atoms with Crippen molar-refractivity contribution in [2.45, 2.75) is 25.8 Å². The van der Waals surface area contributed by atoms with E-state index in [1.165, 1.54) is 0 Å². The Morgan fingerprint density at radius 2 is 2.25 bits per heavy atom. The Morgan fingerprint density at radius 3 is 2.50 bits per heavy atom. The highest BCUT2D eigenvalue weighted by Crippen LogP contribution is 2.43. The van der Waals surface area contributed by atoms with Gasteiger partial charge in [-0.25, -0.2) is 0 Å². The lowest BCUT2D eigenvalue weighted by Crippen LogP contribution is -2.30. The molecule has 1 N–H and O–H groups in total. The van der Waals surface area contributed by atoms with Crippen LogP contribution in [0.25, 0.3) is 0 Å². The van der Waals surface area contributed by atoms with Gasteiger partial charge in [0.1, 0.15) is 0 Å². The van der Waals surface area contributed by atoms with Crippen LogP contribution >= 0.6 is 0 Å². The lowest BCUT2D eigenvalue weighted by molar-refractivity contribution is -0.139. The minimum Gasteiger partial charge on any atom is -0.481 e. The minimum absolute atomic E-state index is 0.0719. The van der Waals surface area contributed by atoms with Crippen LogP contribution in [-0.2, 0) is 4.79 Å². The predicted molar refractivity (Wildman–Crippen MR) is 47.0 cm³/mol. The van der Waals surface area contributed by atoms with Gasteiger partial charge in [0.15, 0.2) is 0 Å². The lowest BCUT2D eigenvalue weighted by atomic mass is 10.1. The van der Waals surface area contributed by atoms with Crippen molar-refractivity contribution in [1.29, 1.82) is 0 Å². The van der Waals surface area contributed by atoms with Gasteiger partial charge in [-0.1, -0.05) is 6.92 Å². The Bertz CT molecular complexity index is 179. The van der Waals surface area contributed by atoms with Gasteiger partial charge >= 0.3 is 5.97 Å². The summed E-state index contributed by atoms with van der Waals surface area (Å²) >= 11 is 0. The van der Waals surface area contributed by atoms with Crippen LogP contribution in [0.1, 0.15) is 19.8 Å². The highest BCUT2D eigenvalue weighted by Gasteiger charge is 2.47. The number of hydrogen-bond donors (Lipinski definition) is 1. The molecule has 3 nitrogen and oxygen atoms in total. The normalized spacial score (nSPS) is 30.3. The third kappa shape index (κ3) is 1.78. The van der Waals surface area contributed by atoms with Gasteiger partial charge in [0.2, 0.25) is 0 Å². The Kier molecular flexibility index (Phi) is 2.73. The SMILES string of the molecule is CCC(C1CC1C(=O)O)N(C)C. The van der Waals surface area contributed by atoms with E-state index >= 15 is 0 Å². The molecule has 3 unspecified atom stereocenters. The molecular weight excluding hydrogens is 154 g/mol. The van der Waals surface area contributed by atoms with Gasteiger partial charge < -0.3 is 10.0 Å². The van der Waals surface area contributed by atoms with Crippen molar-refractivity contribution in [1.82, 2.24) is 4.90 Å². The maximum absolute atomic E-state index is 10.6. The molecule has 0 amide bonds. The van der Waals surface area contributed by atoms with E-state index in [2.05, 4.69) is 11.8 Å². The van der Waals surface area contributed by atoms with Gasteiger partial charge in [-0.05, 0) is 32.9 Å². The molecule has 70 valence electrons. The van der Waals surface area contributed by atoms with Crippen LogP contribution in [0.5, 0.6) is 0 Å². The topological polar surface area (TPSA) is 40.5 Å². The second kappa shape index (κ2) is 3.44. The third-order valence-electron chi connectivity index (χ3n) is 2.73. The molecule has 0 aromatic rings. The quantitative estimate of drug-likeness (QED) is 0.687. The lowest BCUT2D eigenvalue weighted by Gasteiger charge is -2.22. The molecule has 0 bridgehead atoms. The molecular formula is C9H17NO2. The fraction of sp³-hybridized carbons (Fsp3) is 0.889. The largest absolute Gasteiger partial charge is 0.481 e. The van der Waals surface area contributed by atoms with Gasteiger partial charge in [-0.3, -0.25) is 4.79 Å². The number of aliphatic carboxylic acids is 1. The van der Waals surface area contributed by atoms with Crippen molar-refractivity contribution in [2.24, 2.45) is 11.8 Å². The zero-order valence-electron chi connectivity index (χ0n) is 7.95. The summed E-state index contributed by atoms with van der Waals surface area (Å²) in [5.74, 6) is -0.305. The third-order valence-corrected chi connectivity index (χ3v) is 2.73. The molecule has 0 spiro atoms. The van der Waals surface area contributed by atoms with E-state index < -0.39 is 5.97 Å². The van der Waals surface area contributed by atoms with Gasteiger partial charge in [0.05, 0.1) is 5.92 Å². The maximum atomic E-state index is 10.6. The summed E-state index contributed by atoms with van der Waals surface area (Å²) in [7, 11) is 4.04. The monoisotopic (exact) mass is 171 g/mol. The molecule has 1 aliphatic rings. The van der Waals surface area contributed by atoms with E-state index in [1.54, 1.807) is 0 Å². The molecule has 12 heavy (non-hydrogen) atoms. The molecule has 1 fully saturated rings. The number of hydrogen-bond acceptors (Lipinski definition) is 2. The van der Waals surface area contributed by atoms with Crippen molar-refractivity contribution in [3.05, 3.63) is 0 Å². The molecule has 1 saturated carbocycles. The summed E-state index contributed by atoms with van der Waals surface area (Å²) in [5.41, 5.74) is 0. The van der Waals surface area contributed by atoms with Gasteiger partial charge in [-0.2, -0.15) is 0 Å². The fourth-order valence-corrected chi connectivity index (χ4v) is 1.97. The molecule has 3 heteroatoms. The second-order valence-corrected chi connectivity index (χ2v) is 3.78. The van der Waals surface area contributed by atoms with E-state index in [4.69, 9.17) is 5.11 Å². The number of nitrogens with zero attached hydrogens (tertiary/aromatic N) is 1. The first-order valence-electron chi connectivity index (χ1n) is 4.47. The number of carboxylic acids is 1. The van der Waals surface area contributed by atoms with Crippen molar-refractivity contribution in [3.63, 3.8) is 0 Å². The average Bonchev–Trinajstić information content (AvgIpc) is 2.68. The molecule has 0 aromatic heterocycles. The summed E-state index contributed by atoms with van der Waals surface area (Å²) in [6.07, 6.45) is 1.91. The zero-order valence-corrected chi connectivity index (χ0v) is 7.95. The van der Waals surface area contributed by atoms with Crippen LogP contribution in [0.15, 0.2) is 0 Å². The van der Waals surface area contributed by atoms with E-state index in [-0.39, 0.29) is 5.92 Å². The number of carboxylic acid groups (broad SMARTS) is 1. The molecule has 0 aliphatic heterocycles. The molecule has 0 saturated heterocycles. The minimum atomic E-state index is -0.625. The van der Waals surface area contributed by atoms with Gasteiger partial charge in [0, 0.05) is 6.04 Å². The molecule has 0 aromatic carbocycles. The van der Waals surface area contributed by atoms with Gasteiger partial charge in [-0.15, -0.1) is 0 Å². The Hall–Kier alpha value is -0.570. The zero-order chi connectivity index (χ0) is 9.30. The van der Waals surface area contributed by atoms with Gasteiger partial charge in [0.25, 0.3) is 0 Å². The Balaban J connectivity index is 2.44.